The number of fused-ring (bicyclic) bond motifs is 2. The lowest BCUT2D eigenvalue weighted by molar-refractivity contribution is 0.284. The Labute approximate surface area is 95.3 Å². The maximum absolute atomic E-state index is 3.77. The van der Waals surface area contributed by atoms with Gasteiger partial charge < -0.3 is 10.2 Å². The molecule has 0 aromatic carbocycles. The van der Waals surface area contributed by atoms with E-state index in [1.165, 1.54) is 32.5 Å². The summed E-state index contributed by atoms with van der Waals surface area (Å²) >= 11 is 1.94. The van der Waals surface area contributed by atoms with Gasteiger partial charge in [-0.3, -0.25) is 0 Å². The van der Waals surface area contributed by atoms with E-state index in [2.05, 4.69) is 28.6 Å². The molecule has 0 bridgehead atoms. The Hall–Kier alpha value is -0.380. The molecule has 2 nitrogen and oxygen atoms in total. The van der Waals surface area contributed by atoms with E-state index >= 15 is 0 Å². The minimum atomic E-state index is 0.295. The molecular formula is C12H18N2S. The first-order valence-electron chi connectivity index (χ1n) is 5.88. The third-order valence-corrected chi connectivity index (χ3v) is 4.85. The number of rotatable bonds is 1. The Morgan fingerprint density at radius 3 is 3.33 bits per heavy atom. The van der Waals surface area contributed by atoms with E-state index in [0.29, 0.717) is 5.54 Å². The van der Waals surface area contributed by atoms with E-state index in [0.717, 1.165) is 6.54 Å². The molecule has 1 atom stereocenters. The minimum Gasteiger partial charge on any atom is -0.306 e. The number of thiophene rings is 1. The molecule has 1 saturated heterocycles. The lowest BCUT2D eigenvalue weighted by Gasteiger charge is -2.35. The molecule has 1 aromatic heterocycles. The fourth-order valence-corrected chi connectivity index (χ4v) is 3.97. The molecule has 1 aromatic rings. The highest BCUT2D eigenvalue weighted by molar-refractivity contribution is 7.10. The number of nitrogens with one attached hydrogen (secondary N) is 1. The highest BCUT2D eigenvalue weighted by Gasteiger charge is 2.42. The van der Waals surface area contributed by atoms with Gasteiger partial charge in [0.2, 0.25) is 0 Å². The van der Waals surface area contributed by atoms with Crippen molar-refractivity contribution in [1.82, 2.24) is 10.2 Å². The molecule has 2 aliphatic heterocycles. The van der Waals surface area contributed by atoms with Crippen molar-refractivity contribution < 1.29 is 0 Å². The van der Waals surface area contributed by atoms with Crippen molar-refractivity contribution in [3.63, 3.8) is 0 Å². The van der Waals surface area contributed by atoms with Crippen molar-refractivity contribution in [2.45, 2.75) is 25.3 Å². The predicted molar refractivity (Wildman–Crippen MR) is 64.4 cm³/mol. The zero-order valence-corrected chi connectivity index (χ0v) is 10.1. The molecule has 1 unspecified atom stereocenters. The van der Waals surface area contributed by atoms with Crippen molar-refractivity contribution in [3.05, 3.63) is 21.9 Å². The van der Waals surface area contributed by atoms with Crippen LogP contribution in [0, 0.1) is 0 Å². The van der Waals surface area contributed by atoms with Crippen LogP contribution in [0.2, 0.25) is 0 Å². The number of hydrogen-bond acceptors (Lipinski definition) is 3. The van der Waals surface area contributed by atoms with Crippen LogP contribution in [0.5, 0.6) is 0 Å². The van der Waals surface area contributed by atoms with Crippen molar-refractivity contribution in [2.24, 2.45) is 0 Å². The standard InChI is InChI=1S/C12H18N2S/c1-2-14-7-5-12(9-14)10-4-8-15-11(10)3-6-13-12/h4,8,13H,2-3,5-7,9H2,1H3. The molecule has 2 aliphatic rings. The molecule has 0 amide bonds. The van der Waals surface area contributed by atoms with Gasteiger partial charge in [-0.1, -0.05) is 6.92 Å². The molecule has 1 N–H and O–H groups in total. The zero-order valence-electron chi connectivity index (χ0n) is 9.25. The smallest absolute Gasteiger partial charge is 0.0586 e. The highest BCUT2D eigenvalue weighted by Crippen LogP contribution is 2.38. The average Bonchev–Trinajstić information content (AvgIpc) is 2.86. The van der Waals surface area contributed by atoms with Crippen LogP contribution >= 0.6 is 11.3 Å². The van der Waals surface area contributed by atoms with Gasteiger partial charge in [0.05, 0.1) is 5.54 Å². The number of hydrogen-bond donors (Lipinski definition) is 1. The summed E-state index contributed by atoms with van der Waals surface area (Å²) in [4.78, 5) is 4.17. The average molecular weight is 222 g/mol. The van der Waals surface area contributed by atoms with Gasteiger partial charge in [-0.15, -0.1) is 11.3 Å². The summed E-state index contributed by atoms with van der Waals surface area (Å²) in [7, 11) is 0. The van der Waals surface area contributed by atoms with Gasteiger partial charge in [0.25, 0.3) is 0 Å². The van der Waals surface area contributed by atoms with E-state index in [1.54, 1.807) is 10.4 Å². The molecule has 1 fully saturated rings. The molecular weight excluding hydrogens is 204 g/mol. The first-order valence-corrected chi connectivity index (χ1v) is 6.76. The summed E-state index contributed by atoms with van der Waals surface area (Å²) in [5, 5.41) is 6.02. The van der Waals surface area contributed by atoms with Crippen LogP contribution in [0.25, 0.3) is 0 Å². The molecule has 3 heterocycles. The molecule has 0 radical (unpaired) electrons. The first-order chi connectivity index (χ1) is 7.34. The topological polar surface area (TPSA) is 15.3 Å². The van der Waals surface area contributed by atoms with E-state index < -0.39 is 0 Å². The van der Waals surface area contributed by atoms with Crippen LogP contribution in [0.15, 0.2) is 11.4 Å². The molecule has 3 rings (SSSR count). The Bertz CT molecular complexity index is 360. The number of likely N-dealkylation sites (tertiary alicyclic amines) is 1. The summed E-state index contributed by atoms with van der Waals surface area (Å²) < 4.78 is 0. The number of nitrogens with zero attached hydrogens (tertiary/aromatic N) is 1. The largest absolute Gasteiger partial charge is 0.306 e. The van der Waals surface area contributed by atoms with Crippen LogP contribution < -0.4 is 5.32 Å². The summed E-state index contributed by atoms with van der Waals surface area (Å²) in [5.74, 6) is 0. The van der Waals surface area contributed by atoms with Gasteiger partial charge >= 0.3 is 0 Å². The van der Waals surface area contributed by atoms with Crippen molar-refractivity contribution >= 4 is 11.3 Å². The summed E-state index contributed by atoms with van der Waals surface area (Å²) in [6, 6.07) is 2.34. The lowest BCUT2D eigenvalue weighted by Crippen LogP contribution is -2.48. The second kappa shape index (κ2) is 3.58. The fraction of sp³-hybridized carbons (Fsp3) is 0.667. The van der Waals surface area contributed by atoms with E-state index in [-0.39, 0.29) is 0 Å². The van der Waals surface area contributed by atoms with Crippen LogP contribution in [0.3, 0.4) is 0 Å². The van der Waals surface area contributed by atoms with E-state index in [9.17, 15) is 0 Å². The van der Waals surface area contributed by atoms with Gasteiger partial charge in [-0.25, -0.2) is 0 Å². The van der Waals surface area contributed by atoms with Gasteiger partial charge in [0, 0.05) is 24.5 Å². The van der Waals surface area contributed by atoms with E-state index in [1.807, 2.05) is 11.3 Å². The Kier molecular flexibility index (Phi) is 2.34. The monoisotopic (exact) mass is 222 g/mol. The molecule has 0 aliphatic carbocycles. The van der Waals surface area contributed by atoms with Gasteiger partial charge in [0.1, 0.15) is 0 Å². The lowest BCUT2D eigenvalue weighted by atomic mass is 9.86. The first kappa shape index (κ1) is 9.82. The molecule has 3 heteroatoms. The molecule has 0 saturated carbocycles. The van der Waals surface area contributed by atoms with Crippen LogP contribution in [0.1, 0.15) is 23.8 Å². The van der Waals surface area contributed by atoms with Crippen LogP contribution in [-0.4, -0.2) is 31.1 Å². The van der Waals surface area contributed by atoms with Crippen molar-refractivity contribution in [1.29, 1.82) is 0 Å². The summed E-state index contributed by atoms with van der Waals surface area (Å²) in [6.07, 6.45) is 2.51. The quantitative estimate of drug-likeness (QED) is 0.779. The van der Waals surface area contributed by atoms with E-state index in [4.69, 9.17) is 0 Å². The zero-order chi connectivity index (χ0) is 10.3. The summed E-state index contributed by atoms with van der Waals surface area (Å²) in [5.41, 5.74) is 1.89. The predicted octanol–water partition coefficient (Wildman–Crippen LogP) is 1.81. The minimum absolute atomic E-state index is 0.295. The van der Waals surface area contributed by atoms with Gasteiger partial charge in [0.15, 0.2) is 0 Å². The third kappa shape index (κ3) is 1.45. The molecule has 1 spiro atoms. The maximum Gasteiger partial charge on any atom is 0.0586 e. The fourth-order valence-electron chi connectivity index (χ4n) is 2.99. The van der Waals surface area contributed by atoms with Crippen molar-refractivity contribution in [3.8, 4) is 0 Å². The molecule has 15 heavy (non-hydrogen) atoms. The summed E-state index contributed by atoms with van der Waals surface area (Å²) in [6.45, 7) is 7.05. The van der Waals surface area contributed by atoms with Gasteiger partial charge in [-0.05, 0) is 36.4 Å². The van der Waals surface area contributed by atoms with Crippen LogP contribution in [0.4, 0.5) is 0 Å². The second-order valence-corrected chi connectivity index (χ2v) is 5.64. The highest BCUT2D eigenvalue weighted by atomic mass is 32.1. The normalized spacial score (nSPS) is 31.0. The Morgan fingerprint density at radius 2 is 2.53 bits per heavy atom. The number of likely N-dealkylation sites (N-methyl/N-ethyl adjacent to an activating group) is 1. The van der Waals surface area contributed by atoms with Gasteiger partial charge in [-0.2, -0.15) is 0 Å². The second-order valence-electron chi connectivity index (χ2n) is 4.64. The third-order valence-electron chi connectivity index (χ3n) is 3.87. The molecule has 82 valence electrons. The Morgan fingerprint density at radius 1 is 1.60 bits per heavy atom. The Balaban J connectivity index is 1.95. The maximum atomic E-state index is 3.77. The SMILES string of the molecule is CCN1CCC2(C1)NCCc1sccc12. The van der Waals surface area contributed by atoms with Crippen molar-refractivity contribution in [2.75, 3.05) is 26.2 Å². The van der Waals surface area contributed by atoms with Crippen LogP contribution in [-0.2, 0) is 12.0 Å².